The van der Waals surface area contributed by atoms with Crippen LogP contribution in [0.25, 0.3) is 10.8 Å². The molecular weight excluding hydrogens is 836 g/mol. The van der Waals surface area contributed by atoms with Crippen LogP contribution in [0.5, 0.6) is 0 Å². The van der Waals surface area contributed by atoms with E-state index in [4.69, 9.17) is 13.5 Å². The summed E-state index contributed by atoms with van der Waals surface area (Å²) in [7, 11) is -2.63. The molecule has 2 amide bonds. The summed E-state index contributed by atoms with van der Waals surface area (Å²) in [5, 5.41) is 3.04. The lowest BCUT2D eigenvalue weighted by molar-refractivity contribution is -0.161. The molecule has 2 heterocycles. The van der Waals surface area contributed by atoms with Crippen molar-refractivity contribution in [3.05, 3.63) is 114 Å². The molecule has 1 fully saturated rings. The van der Waals surface area contributed by atoms with Crippen LogP contribution in [0.2, 0.25) is 23.2 Å². The summed E-state index contributed by atoms with van der Waals surface area (Å²) >= 11 is 0. The molecular formula is C44H60B2N4O7P2Si2. The van der Waals surface area contributed by atoms with Gasteiger partial charge in [0.1, 0.15) is 23.6 Å². The first kappa shape index (κ1) is 46.8. The molecule has 17 heteroatoms. The van der Waals surface area contributed by atoms with Crippen LogP contribution in [-0.4, -0.2) is 79.0 Å². The zero-order valence-electron chi connectivity index (χ0n) is 36.9. The molecule has 2 aliphatic rings. The van der Waals surface area contributed by atoms with Gasteiger partial charge in [0.05, 0.1) is 30.3 Å². The Morgan fingerprint density at radius 1 is 0.852 bits per heavy atom. The molecule has 61 heavy (non-hydrogen) atoms. The van der Waals surface area contributed by atoms with Crippen molar-refractivity contribution in [1.29, 1.82) is 0 Å². The molecule has 2 unspecified atom stereocenters. The third kappa shape index (κ3) is 8.95. The first-order valence-electron chi connectivity index (χ1n) is 21.3. The van der Waals surface area contributed by atoms with Gasteiger partial charge in [0, 0.05) is 11.3 Å². The second-order valence-corrected chi connectivity index (χ2v) is 27.3. The van der Waals surface area contributed by atoms with Gasteiger partial charge in [-0.3, -0.25) is 9.69 Å². The SMILES string of the molecule is BNPOC(=O)C1=C(CN(C(=O)OPNB)c2cccc3c(CC(C)(C)[Si](O)(c4ccccc4)c4ccccc4)cccc23)[C@H](C)[C@@H]2[C@@H]([C@@H](C)O[Si](CC)(CC)CC)C(=O)N12. The van der Waals surface area contributed by atoms with Gasteiger partial charge in [-0.05, 0) is 69.5 Å². The second kappa shape index (κ2) is 19.8. The normalized spacial score (nSPS) is 18.9. The summed E-state index contributed by atoms with van der Waals surface area (Å²) in [6.45, 7) is 14.8. The highest BCUT2D eigenvalue weighted by Gasteiger charge is 2.61. The Hall–Kier alpha value is -3.65. The molecule has 322 valence electrons. The molecule has 0 radical (unpaired) electrons. The van der Waals surface area contributed by atoms with Gasteiger partial charge in [-0.2, -0.15) is 0 Å². The van der Waals surface area contributed by atoms with Gasteiger partial charge in [-0.1, -0.05) is 133 Å². The van der Waals surface area contributed by atoms with E-state index in [2.05, 4.69) is 56.7 Å². The minimum Gasteiger partial charge on any atom is -0.428 e. The molecule has 0 bridgehead atoms. The summed E-state index contributed by atoms with van der Waals surface area (Å²) < 4.78 is 18.3. The smallest absolute Gasteiger partial charge is 0.418 e. The monoisotopic (exact) mass is 896 g/mol. The summed E-state index contributed by atoms with van der Waals surface area (Å²) in [6, 6.07) is 34.5. The van der Waals surface area contributed by atoms with E-state index in [1.165, 1.54) is 0 Å². The van der Waals surface area contributed by atoms with Crippen LogP contribution < -0.4 is 25.3 Å². The number of carbonyl (C=O) groups excluding carboxylic acids is 3. The van der Waals surface area contributed by atoms with Crippen LogP contribution in [0.15, 0.2) is 108 Å². The second-order valence-electron chi connectivity index (χ2n) is 16.8. The number of amides is 2. The van der Waals surface area contributed by atoms with E-state index in [1.807, 2.05) is 98.8 Å². The van der Waals surface area contributed by atoms with Crippen LogP contribution >= 0.6 is 17.9 Å². The number of rotatable bonds is 19. The van der Waals surface area contributed by atoms with E-state index in [-0.39, 0.29) is 54.1 Å². The molecule has 0 aromatic heterocycles. The Kier molecular flexibility index (Phi) is 15.2. The van der Waals surface area contributed by atoms with Crippen LogP contribution in [0.3, 0.4) is 0 Å². The fourth-order valence-electron chi connectivity index (χ4n) is 9.67. The summed E-state index contributed by atoms with van der Waals surface area (Å²) in [5.74, 6) is -1.51. The number of nitrogens with one attached hydrogen (secondary N) is 2. The number of benzene rings is 4. The van der Waals surface area contributed by atoms with Gasteiger partial charge in [0.15, 0.2) is 24.3 Å². The lowest BCUT2D eigenvalue weighted by Crippen LogP contribution is -2.65. The number of anilines is 1. The fraction of sp³-hybridized carbons (Fsp3) is 0.386. The Bertz CT molecular complexity index is 2190. The predicted octanol–water partition coefficient (Wildman–Crippen LogP) is 5.83. The van der Waals surface area contributed by atoms with Gasteiger partial charge in [0.25, 0.3) is 8.32 Å². The standard InChI is InChI=1S/C44H60B2N4O7P2Si2/c1-8-60(9-2,10-3)57-30(5)38-39-29(4)36(40(50(39)41(38)51)42(52)55-58-47-45)28-49(43(53)56-59-48-46)37-26-18-24-34-31(19-17-25-35(34)37)27-44(6,7)61(54,32-20-13-11-14-21-32)33-22-15-12-16-23-33/h11-26,29-30,38-39,47-48,54,58-59H,8-10,27-28,45-46H2,1-7H3/t29-,30+,38+,39+/m0/s1. The van der Waals surface area contributed by atoms with Crippen molar-refractivity contribution < 1.29 is 32.7 Å². The van der Waals surface area contributed by atoms with Gasteiger partial charge >= 0.3 is 12.1 Å². The first-order valence-corrected chi connectivity index (χ1v) is 27.6. The quantitative estimate of drug-likeness (QED) is 0.0605. The number of carbonyl (C=O) groups is 3. The molecule has 1 saturated heterocycles. The fourth-order valence-corrected chi connectivity index (χ4v) is 16.9. The van der Waals surface area contributed by atoms with Crippen LogP contribution in [0.1, 0.15) is 54.0 Å². The van der Waals surface area contributed by atoms with Crippen LogP contribution in [0.4, 0.5) is 10.5 Å². The van der Waals surface area contributed by atoms with Crippen molar-refractivity contribution in [2.45, 2.75) is 90.2 Å². The van der Waals surface area contributed by atoms with Gasteiger partial charge in [0.2, 0.25) is 5.91 Å². The third-order valence-electron chi connectivity index (χ3n) is 13.2. The van der Waals surface area contributed by atoms with Crippen molar-refractivity contribution in [2.75, 3.05) is 11.4 Å². The molecule has 4 aromatic rings. The van der Waals surface area contributed by atoms with E-state index in [1.54, 1.807) is 25.8 Å². The lowest BCUT2D eigenvalue weighted by Gasteiger charge is -2.49. The highest BCUT2D eigenvalue weighted by atomic mass is 31.1. The largest absolute Gasteiger partial charge is 0.428 e. The molecule has 0 aliphatic carbocycles. The minimum absolute atomic E-state index is 0.00931. The Morgan fingerprint density at radius 2 is 1.41 bits per heavy atom. The average molecular weight is 897 g/mol. The Balaban J connectivity index is 1.42. The lowest BCUT2D eigenvalue weighted by atomic mass is 9.77. The van der Waals surface area contributed by atoms with Crippen molar-refractivity contribution in [3.63, 3.8) is 0 Å². The topological polar surface area (TPSA) is 130 Å². The highest BCUT2D eigenvalue weighted by Crippen LogP contribution is 2.50. The maximum atomic E-state index is 14.3. The maximum Gasteiger partial charge on any atom is 0.418 e. The molecule has 3 N–H and O–H groups in total. The highest BCUT2D eigenvalue weighted by molar-refractivity contribution is 7.32. The minimum atomic E-state index is -3.36. The van der Waals surface area contributed by atoms with E-state index in [0.29, 0.717) is 17.7 Å². The molecule has 0 spiro atoms. The average Bonchev–Trinajstić information content (AvgIpc) is 3.52. The molecule has 2 aliphatic heterocycles. The summed E-state index contributed by atoms with van der Waals surface area (Å²) in [6.07, 6.45) is -0.375. The van der Waals surface area contributed by atoms with Crippen LogP contribution in [0, 0.1) is 11.8 Å². The molecule has 6 rings (SSSR count). The number of β-lactam (4-membered cyclic amide) rings is 1. The molecule has 4 aromatic carbocycles. The van der Waals surface area contributed by atoms with Gasteiger partial charge < -0.3 is 33.2 Å². The van der Waals surface area contributed by atoms with Crippen LogP contribution in [-0.2, 0) is 29.5 Å². The Morgan fingerprint density at radius 3 is 1.98 bits per heavy atom. The van der Waals surface area contributed by atoms with Crippen molar-refractivity contribution in [1.82, 2.24) is 14.9 Å². The number of nitrogens with zero attached hydrogens (tertiary/aromatic N) is 2. The summed E-state index contributed by atoms with van der Waals surface area (Å²) in [5.41, 5.74) is 2.44. The zero-order chi connectivity index (χ0) is 44.1. The molecule has 6 atom stereocenters. The molecule has 11 nitrogen and oxygen atoms in total. The third-order valence-corrected chi connectivity index (χ3v) is 23.4. The van der Waals surface area contributed by atoms with Crippen molar-refractivity contribution in [3.8, 4) is 0 Å². The number of fused-ring (bicyclic) bond motifs is 2. The van der Waals surface area contributed by atoms with E-state index < -0.39 is 39.7 Å². The zero-order valence-corrected chi connectivity index (χ0v) is 40.9. The van der Waals surface area contributed by atoms with Crippen molar-refractivity contribution in [2.24, 2.45) is 11.8 Å². The number of hydrogen-bond donors (Lipinski definition) is 3. The number of hydrogen-bond acceptors (Lipinski definition) is 9. The first-order chi connectivity index (χ1) is 29.2. The van der Waals surface area contributed by atoms with E-state index in [9.17, 15) is 19.2 Å². The van der Waals surface area contributed by atoms with E-state index >= 15 is 0 Å². The molecule has 0 saturated carbocycles. The van der Waals surface area contributed by atoms with Gasteiger partial charge in [-0.25, -0.2) is 9.59 Å². The predicted molar refractivity (Wildman–Crippen MR) is 260 cm³/mol. The van der Waals surface area contributed by atoms with E-state index in [0.717, 1.165) is 44.8 Å². The summed E-state index contributed by atoms with van der Waals surface area (Å²) in [4.78, 5) is 64.5. The van der Waals surface area contributed by atoms with Gasteiger partial charge in [-0.15, -0.1) is 0 Å². The maximum absolute atomic E-state index is 14.3. The van der Waals surface area contributed by atoms with Crippen molar-refractivity contribution >= 4 is 95.3 Å². The Labute approximate surface area is 368 Å².